The third-order valence-electron chi connectivity index (χ3n) is 2.80. The topological polar surface area (TPSA) is 37.8 Å². The van der Waals surface area contributed by atoms with Crippen LogP contribution in [0.3, 0.4) is 0 Å². The van der Waals surface area contributed by atoms with Crippen LogP contribution in [-0.4, -0.2) is 17.0 Å². The van der Waals surface area contributed by atoms with E-state index in [4.69, 9.17) is 11.6 Å². The van der Waals surface area contributed by atoms with Crippen LogP contribution in [0.1, 0.15) is 0 Å². The second kappa shape index (κ2) is 4.75. The Morgan fingerprint density at radius 1 is 1.21 bits per heavy atom. The highest BCUT2D eigenvalue weighted by molar-refractivity contribution is 7.17. The first kappa shape index (κ1) is 12.3. The Hall–Kier alpha value is -1.72. The summed E-state index contributed by atoms with van der Waals surface area (Å²) in [5, 5.41) is 6.11. The Morgan fingerprint density at radius 3 is 2.63 bits per heavy atom. The van der Waals surface area contributed by atoms with Crippen molar-refractivity contribution in [1.82, 2.24) is 9.97 Å². The molecular weight excluding hydrogens is 285 g/mol. The summed E-state index contributed by atoms with van der Waals surface area (Å²) in [4.78, 5) is 9.19. The normalized spacial score (nSPS) is 10.9. The van der Waals surface area contributed by atoms with Gasteiger partial charge in [-0.15, -0.1) is 11.3 Å². The smallest absolute Gasteiger partial charge is 0.225 e. The lowest BCUT2D eigenvalue weighted by molar-refractivity contribution is 0.628. The summed E-state index contributed by atoms with van der Waals surface area (Å²) in [6.45, 7) is 0. The van der Waals surface area contributed by atoms with Gasteiger partial charge in [0.2, 0.25) is 5.28 Å². The minimum atomic E-state index is -0.253. The monoisotopic (exact) mass is 293 g/mol. The van der Waals surface area contributed by atoms with Gasteiger partial charge in [0.1, 0.15) is 16.5 Å². The maximum atomic E-state index is 13.0. The van der Waals surface area contributed by atoms with Gasteiger partial charge in [-0.3, -0.25) is 0 Å². The zero-order chi connectivity index (χ0) is 13.4. The lowest BCUT2D eigenvalue weighted by atomic mass is 10.1. The van der Waals surface area contributed by atoms with Crippen LogP contribution in [-0.2, 0) is 0 Å². The maximum absolute atomic E-state index is 13.0. The van der Waals surface area contributed by atoms with E-state index in [1.165, 1.54) is 23.5 Å². The molecule has 0 radical (unpaired) electrons. The van der Waals surface area contributed by atoms with E-state index in [0.29, 0.717) is 5.82 Å². The molecule has 3 aromatic rings. The van der Waals surface area contributed by atoms with Crippen molar-refractivity contribution in [3.8, 4) is 11.1 Å². The molecule has 1 N–H and O–H groups in total. The highest BCUT2D eigenvalue weighted by atomic mass is 35.5. The molecule has 2 heterocycles. The molecule has 0 bridgehead atoms. The molecule has 0 aliphatic rings. The fourth-order valence-electron chi connectivity index (χ4n) is 1.94. The third kappa shape index (κ3) is 2.15. The van der Waals surface area contributed by atoms with Gasteiger partial charge in [-0.25, -0.2) is 14.4 Å². The van der Waals surface area contributed by atoms with E-state index in [2.05, 4.69) is 15.3 Å². The van der Waals surface area contributed by atoms with Crippen LogP contribution in [0.25, 0.3) is 21.3 Å². The molecule has 0 unspecified atom stereocenters. The number of hydrogen-bond donors (Lipinski definition) is 1. The van der Waals surface area contributed by atoms with E-state index < -0.39 is 0 Å². The fourth-order valence-corrected chi connectivity index (χ4v) is 3.10. The zero-order valence-electron chi connectivity index (χ0n) is 9.95. The van der Waals surface area contributed by atoms with E-state index in [-0.39, 0.29) is 11.1 Å². The molecule has 3 nitrogen and oxygen atoms in total. The summed E-state index contributed by atoms with van der Waals surface area (Å²) >= 11 is 7.36. The first-order valence-corrected chi connectivity index (χ1v) is 6.83. The van der Waals surface area contributed by atoms with Gasteiger partial charge in [-0.2, -0.15) is 0 Å². The zero-order valence-corrected chi connectivity index (χ0v) is 11.5. The van der Waals surface area contributed by atoms with Gasteiger partial charge in [0.25, 0.3) is 0 Å². The van der Waals surface area contributed by atoms with Crippen LogP contribution in [0, 0.1) is 5.82 Å². The predicted molar refractivity (Wildman–Crippen MR) is 77.4 cm³/mol. The molecule has 0 saturated heterocycles. The van der Waals surface area contributed by atoms with E-state index in [9.17, 15) is 4.39 Å². The molecule has 0 aliphatic carbocycles. The number of rotatable bonds is 2. The number of nitrogens with zero attached hydrogens (tertiary/aromatic N) is 2. The van der Waals surface area contributed by atoms with Crippen molar-refractivity contribution in [2.75, 3.05) is 12.4 Å². The number of aromatic nitrogens is 2. The maximum Gasteiger partial charge on any atom is 0.225 e. The number of anilines is 1. The number of hydrogen-bond acceptors (Lipinski definition) is 4. The summed E-state index contributed by atoms with van der Waals surface area (Å²) in [6.07, 6.45) is 0. The summed E-state index contributed by atoms with van der Waals surface area (Å²) in [5.41, 5.74) is 1.90. The highest BCUT2D eigenvalue weighted by Gasteiger charge is 2.13. The van der Waals surface area contributed by atoms with Crippen LogP contribution >= 0.6 is 22.9 Å². The number of halogens is 2. The van der Waals surface area contributed by atoms with Gasteiger partial charge in [-0.1, -0.05) is 12.1 Å². The number of thiophene rings is 1. The fraction of sp³-hybridized carbons (Fsp3) is 0.0769. The summed E-state index contributed by atoms with van der Waals surface area (Å²) in [6, 6.07) is 6.36. The second-order valence-corrected chi connectivity index (χ2v) is 5.12. The first-order valence-electron chi connectivity index (χ1n) is 5.57. The van der Waals surface area contributed by atoms with Gasteiger partial charge >= 0.3 is 0 Å². The molecule has 0 aliphatic heterocycles. The SMILES string of the molecule is CNc1nc(Cl)nc2scc(-c3ccc(F)cc3)c12. The molecule has 2 aromatic heterocycles. The molecule has 6 heteroatoms. The number of fused-ring (bicyclic) bond motifs is 1. The van der Waals surface area contributed by atoms with E-state index in [0.717, 1.165) is 21.3 Å². The predicted octanol–water partition coefficient (Wildman–Crippen LogP) is 4.19. The van der Waals surface area contributed by atoms with Crippen molar-refractivity contribution in [2.45, 2.75) is 0 Å². The minimum Gasteiger partial charge on any atom is -0.372 e. The summed E-state index contributed by atoms with van der Waals surface area (Å²) in [5.74, 6) is 0.423. The number of benzene rings is 1. The van der Waals surface area contributed by atoms with Crippen molar-refractivity contribution in [3.05, 3.63) is 40.7 Å². The van der Waals surface area contributed by atoms with Crippen LogP contribution in [0.4, 0.5) is 10.2 Å². The lowest BCUT2D eigenvalue weighted by Crippen LogP contribution is -1.95. The molecule has 0 atom stereocenters. The Bertz CT molecular complexity index is 739. The van der Waals surface area contributed by atoms with Gasteiger partial charge in [-0.05, 0) is 29.3 Å². The first-order chi connectivity index (χ1) is 9.19. The van der Waals surface area contributed by atoms with Crippen molar-refractivity contribution < 1.29 is 4.39 Å². The Labute approximate surface area is 118 Å². The molecule has 96 valence electrons. The molecule has 0 amide bonds. The second-order valence-electron chi connectivity index (χ2n) is 3.93. The van der Waals surface area contributed by atoms with Crippen molar-refractivity contribution in [3.63, 3.8) is 0 Å². The van der Waals surface area contributed by atoms with Crippen LogP contribution in [0.2, 0.25) is 5.28 Å². The van der Waals surface area contributed by atoms with Gasteiger partial charge < -0.3 is 5.32 Å². The summed E-state index contributed by atoms with van der Waals surface area (Å²) in [7, 11) is 1.78. The van der Waals surface area contributed by atoms with Crippen molar-refractivity contribution in [2.24, 2.45) is 0 Å². The van der Waals surface area contributed by atoms with Crippen LogP contribution < -0.4 is 5.32 Å². The Kier molecular flexibility index (Phi) is 3.08. The van der Waals surface area contributed by atoms with E-state index in [1.54, 1.807) is 19.2 Å². The molecule has 0 saturated carbocycles. The van der Waals surface area contributed by atoms with Gasteiger partial charge in [0.05, 0.1) is 5.39 Å². The molecule has 1 aromatic carbocycles. The van der Waals surface area contributed by atoms with Gasteiger partial charge in [0.15, 0.2) is 0 Å². The van der Waals surface area contributed by atoms with Crippen LogP contribution in [0.5, 0.6) is 0 Å². The molecule has 3 rings (SSSR count). The molecule has 0 spiro atoms. The van der Waals surface area contributed by atoms with Gasteiger partial charge in [0, 0.05) is 18.0 Å². The standard InChI is InChI=1S/C13H9ClFN3S/c1-16-11-10-9(7-2-4-8(15)5-3-7)6-19-12(10)18-13(14)17-11/h2-6H,1H3,(H,16,17,18). The molecule has 0 fully saturated rings. The highest BCUT2D eigenvalue weighted by Crippen LogP contribution is 2.37. The van der Waals surface area contributed by atoms with E-state index in [1.807, 2.05) is 5.38 Å². The van der Waals surface area contributed by atoms with E-state index >= 15 is 0 Å². The minimum absolute atomic E-state index is 0.212. The third-order valence-corrected chi connectivity index (χ3v) is 3.84. The van der Waals surface area contributed by atoms with Crippen molar-refractivity contribution in [1.29, 1.82) is 0 Å². The molecule has 19 heavy (non-hydrogen) atoms. The summed E-state index contributed by atoms with van der Waals surface area (Å²) < 4.78 is 13.0. The van der Waals surface area contributed by atoms with Crippen molar-refractivity contribution >= 4 is 39.0 Å². The quantitative estimate of drug-likeness (QED) is 0.720. The number of nitrogens with one attached hydrogen (secondary N) is 1. The lowest BCUT2D eigenvalue weighted by Gasteiger charge is -2.05. The van der Waals surface area contributed by atoms with Crippen LogP contribution in [0.15, 0.2) is 29.6 Å². The Balaban J connectivity index is 2.27. The largest absolute Gasteiger partial charge is 0.372 e. The molecular formula is C13H9ClFN3S. The average Bonchev–Trinajstić information content (AvgIpc) is 2.82. The average molecular weight is 294 g/mol. The Morgan fingerprint density at radius 2 is 1.95 bits per heavy atom.